The van der Waals surface area contributed by atoms with Crippen LogP contribution in [-0.2, 0) is 9.53 Å². The van der Waals surface area contributed by atoms with E-state index in [4.69, 9.17) is 16.3 Å². The molecule has 1 atom stereocenters. The summed E-state index contributed by atoms with van der Waals surface area (Å²) in [5.74, 6) is 0.191. The molecule has 0 unspecified atom stereocenters. The van der Waals surface area contributed by atoms with Gasteiger partial charge in [0.25, 0.3) is 0 Å². The molecule has 1 spiro atoms. The van der Waals surface area contributed by atoms with Gasteiger partial charge in [0.05, 0.1) is 6.61 Å². The summed E-state index contributed by atoms with van der Waals surface area (Å²) in [4.78, 5) is 34.6. The van der Waals surface area contributed by atoms with Gasteiger partial charge in [-0.3, -0.25) is 9.69 Å². The first-order valence-corrected chi connectivity index (χ1v) is 11.3. The minimum Gasteiger partial charge on any atom is -0.383 e. The number of ether oxygens (including phenoxy) is 1. The Hall–Kier alpha value is -1.87. The monoisotopic (exact) mass is 449 g/mol. The topological polar surface area (TPSA) is 68.4 Å². The Morgan fingerprint density at radius 2 is 2.00 bits per heavy atom. The molecular formula is C22H32ClN5O3. The van der Waals surface area contributed by atoms with Gasteiger partial charge in [-0.2, -0.15) is 0 Å². The zero-order valence-corrected chi connectivity index (χ0v) is 19.3. The molecule has 0 saturated carbocycles. The number of methoxy groups -OCH3 is 1. The fraction of sp³-hybridized carbons (Fsp3) is 0.636. The molecule has 0 aromatic heterocycles. The highest BCUT2D eigenvalue weighted by atomic mass is 35.5. The molecule has 9 heteroatoms. The number of halogens is 1. The third kappa shape index (κ3) is 4.14. The Bertz CT molecular complexity index is 842. The molecule has 0 bridgehead atoms. The number of piperazine rings is 1. The number of piperidine rings is 1. The zero-order valence-electron chi connectivity index (χ0n) is 18.6. The number of anilines is 1. The zero-order chi connectivity index (χ0) is 22.2. The summed E-state index contributed by atoms with van der Waals surface area (Å²) in [6.45, 7) is 6.79. The minimum absolute atomic E-state index is 0.106. The Labute approximate surface area is 189 Å². The van der Waals surface area contributed by atoms with Crippen molar-refractivity contribution in [3.8, 4) is 0 Å². The highest BCUT2D eigenvalue weighted by Gasteiger charge is 2.58. The number of hydrogen-bond donors (Lipinski definition) is 1. The molecule has 4 rings (SSSR count). The molecule has 0 radical (unpaired) electrons. The number of nitrogens with one attached hydrogen (secondary N) is 1. The van der Waals surface area contributed by atoms with E-state index >= 15 is 0 Å². The second-order valence-electron chi connectivity index (χ2n) is 8.82. The summed E-state index contributed by atoms with van der Waals surface area (Å²) in [7, 11) is 3.73. The van der Waals surface area contributed by atoms with Crippen molar-refractivity contribution >= 4 is 29.2 Å². The molecule has 1 aromatic carbocycles. The van der Waals surface area contributed by atoms with Crippen LogP contribution in [0.3, 0.4) is 0 Å². The highest BCUT2D eigenvalue weighted by molar-refractivity contribution is 6.31. The molecule has 1 N–H and O–H groups in total. The van der Waals surface area contributed by atoms with E-state index in [1.165, 1.54) is 0 Å². The van der Waals surface area contributed by atoms with Crippen molar-refractivity contribution in [3.63, 3.8) is 0 Å². The van der Waals surface area contributed by atoms with Crippen molar-refractivity contribution in [2.45, 2.75) is 31.5 Å². The summed E-state index contributed by atoms with van der Waals surface area (Å²) in [6.07, 6.45) is 1.48. The van der Waals surface area contributed by atoms with Crippen molar-refractivity contribution in [1.82, 2.24) is 19.6 Å². The van der Waals surface area contributed by atoms with Crippen LogP contribution in [0.5, 0.6) is 0 Å². The molecule has 1 aromatic rings. The Kier molecular flexibility index (Phi) is 6.44. The van der Waals surface area contributed by atoms with Crippen LogP contribution in [-0.4, -0.2) is 103 Å². The lowest BCUT2D eigenvalue weighted by Crippen LogP contribution is -2.64. The second-order valence-corrected chi connectivity index (χ2v) is 9.22. The van der Waals surface area contributed by atoms with Crippen LogP contribution >= 0.6 is 11.6 Å². The molecule has 3 saturated heterocycles. The van der Waals surface area contributed by atoms with Crippen LogP contribution in [0.25, 0.3) is 0 Å². The van der Waals surface area contributed by atoms with Gasteiger partial charge in [-0.05, 0) is 31.7 Å². The average molecular weight is 450 g/mol. The number of carbonyl (C=O) groups is 2. The van der Waals surface area contributed by atoms with E-state index < -0.39 is 0 Å². The lowest BCUT2D eigenvalue weighted by atomic mass is 9.93. The first-order valence-electron chi connectivity index (χ1n) is 10.9. The molecular weight excluding hydrogens is 418 g/mol. The van der Waals surface area contributed by atoms with Crippen LogP contribution < -0.4 is 5.32 Å². The third-order valence-electron chi connectivity index (χ3n) is 6.97. The molecule has 3 fully saturated rings. The van der Waals surface area contributed by atoms with E-state index in [9.17, 15) is 9.59 Å². The van der Waals surface area contributed by atoms with Gasteiger partial charge < -0.3 is 24.8 Å². The fourth-order valence-electron chi connectivity index (χ4n) is 5.17. The predicted molar refractivity (Wildman–Crippen MR) is 120 cm³/mol. The SMILES string of the molecule is COCCN1C(=O)[C@H]2CN(C)CCN2C12CCN(C(=O)Nc1ccc(C)c(Cl)c1)CC2. The van der Waals surface area contributed by atoms with Gasteiger partial charge in [0, 0.05) is 69.9 Å². The maximum Gasteiger partial charge on any atom is 0.321 e. The number of carbonyl (C=O) groups excluding carboxylic acids is 2. The molecule has 0 aliphatic carbocycles. The summed E-state index contributed by atoms with van der Waals surface area (Å²) in [5, 5.41) is 3.59. The molecule has 3 aliphatic rings. The molecule has 31 heavy (non-hydrogen) atoms. The Balaban J connectivity index is 1.47. The van der Waals surface area contributed by atoms with Crippen LogP contribution in [0.15, 0.2) is 18.2 Å². The maximum atomic E-state index is 13.3. The van der Waals surface area contributed by atoms with Crippen LogP contribution in [0.4, 0.5) is 10.5 Å². The quantitative estimate of drug-likeness (QED) is 0.762. The molecule has 3 heterocycles. The smallest absolute Gasteiger partial charge is 0.321 e. The number of fused-ring (bicyclic) bond motifs is 2. The predicted octanol–water partition coefficient (Wildman–Crippen LogP) is 2.08. The number of likely N-dealkylation sites (N-methyl/N-ethyl adjacent to an activating group) is 1. The van der Waals surface area contributed by atoms with Crippen molar-refractivity contribution in [1.29, 1.82) is 0 Å². The average Bonchev–Trinajstić information content (AvgIpc) is 2.97. The van der Waals surface area contributed by atoms with E-state index in [2.05, 4.69) is 22.2 Å². The number of benzene rings is 1. The highest BCUT2D eigenvalue weighted by Crippen LogP contribution is 2.41. The fourth-order valence-corrected chi connectivity index (χ4v) is 5.35. The Morgan fingerprint density at radius 3 is 2.68 bits per heavy atom. The van der Waals surface area contributed by atoms with E-state index in [0.717, 1.165) is 38.0 Å². The first-order chi connectivity index (χ1) is 14.9. The largest absolute Gasteiger partial charge is 0.383 e. The van der Waals surface area contributed by atoms with Gasteiger partial charge in [0.15, 0.2) is 0 Å². The van der Waals surface area contributed by atoms with Gasteiger partial charge in [-0.1, -0.05) is 17.7 Å². The summed E-state index contributed by atoms with van der Waals surface area (Å²) >= 11 is 6.19. The number of hydrogen-bond acceptors (Lipinski definition) is 5. The normalized spacial score (nSPS) is 24.0. The van der Waals surface area contributed by atoms with Crippen LogP contribution in [0.2, 0.25) is 5.02 Å². The van der Waals surface area contributed by atoms with Crippen LogP contribution in [0.1, 0.15) is 18.4 Å². The molecule has 3 amide bonds. The number of amides is 3. The van der Waals surface area contributed by atoms with Gasteiger partial charge in [0.2, 0.25) is 5.91 Å². The first kappa shape index (κ1) is 22.3. The number of rotatable bonds is 4. The summed E-state index contributed by atoms with van der Waals surface area (Å²) < 4.78 is 5.30. The third-order valence-corrected chi connectivity index (χ3v) is 7.37. The van der Waals surface area contributed by atoms with E-state index in [1.807, 2.05) is 28.9 Å². The van der Waals surface area contributed by atoms with E-state index in [1.54, 1.807) is 13.2 Å². The van der Waals surface area contributed by atoms with Crippen molar-refractivity contribution in [2.75, 3.05) is 65.3 Å². The molecule has 3 aliphatic heterocycles. The number of nitrogens with zero attached hydrogens (tertiary/aromatic N) is 4. The lowest BCUT2D eigenvalue weighted by molar-refractivity contribution is -0.134. The summed E-state index contributed by atoms with van der Waals surface area (Å²) in [5.41, 5.74) is 1.34. The van der Waals surface area contributed by atoms with Crippen molar-refractivity contribution in [2.24, 2.45) is 0 Å². The van der Waals surface area contributed by atoms with Crippen molar-refractivity contribution in [3.05, 3.63) is 28.8 Å². The number of aryl methyl sites for hydroxylation is 1. The lowest BCUT2D eigenvalue weighted by Gasteiger charge is -2.50. The second kappa shape index (κ2) is 8.94. The van der Waals surface area contributed by atoms with Crippen LogP contribution in [0, 0.1) is 6.92 Å². The summed E-state index contributed by atoms with van der Waals surface area (Å²) in [6, 6.07) is 5.30. The van der Waals surface area contributed by atoms with Gasteiger partial charge in [-0.25, -0.2) is 4.79 Å². The van der Waals surface area contributed by atoms with E-state index in [0.29, 0.717) is 37.0 Å². The van der Waals surface area contributed by atoms with Gasteiger partial charge in [-0.15, -0.1) is 0 Å². The maximum absolute atomic E-state index is 13.3. The molecule has 170 valence electrons. The Morgan fingerprint density at radius 1 is 1.26 bits per heavy atom. The minimum atomic E-state index is -0.328. The van der Waals surface area contributed by atoms with Crippen molar-refractivity contribution < 1.29 is 14.3 Å². The van der Waals surface area contributed by atoms with E-state index in [-0.39, 0.29) is 23.6 Å². The number of likely N-dealkylation sites (tertiary alicyclic amines) is 1. The van der Waals surface area contributed by atoms with Gasteiger partial charge in [0.1, 0.15) is 11.7 Å². The van der Waals surface area contributed by atoms with Gasteiger partial charge >= 0.3 is 6.03 Å². The number of urea groups is 1. The molecule has 8 nitrogen and oxygen atoms in total. The standard InChI is InChI=1S/C22H32ClN5O3/c1-16-4-5-17(14-18(16)23)24-21(30)26-8-6-22(7-9-26)27-11-10-25(2)15-19(27)20(29)28(22)12-13-31-3/h4-5,14,19H,6-13,15H2,1-3H3,(H,24,30)/t19-/m1/s1.